The van der Waals surface area contributed by atoms with E-state index in [9.17, 15) is 4.79 Å². The second-order valence-electron chi connectivity index (χ2n) is 7.43. The molecule has 0 unspecified atom stereocenters. The molecule has 2 heterocycles. The van der Waals surface area contributed by atoms with E-state index in [0.29, 0.717) is 6.42 Å². The number of carbonyl (C=O) groups is 1. The minimum atomic E-state index is -0.0306. The molecule has 1 saturated heterocycles. The number of likely N-dealkylation sites (N-methyl/N-ethyl adjacent to an activating group) is 1. The lowest BCUT2D eigenvalue weighted by Crippen LogP contribution is -2.43. The highest BCUT2D eigenvalue weighted by Crippen LogP contribution is 2.15. The summed E-state index contributed by atoms with van der Waals surface area (Å²) < 4.78 is 1.58. The zero-order valence-electron chi connectivity index (χ0n) is 16.5. The van der Waals surface area contributed by atoms with Crippen molar-refractivity contribution in [2.45, 2.75) is 13.0 Å². The smallest absolute Gasteiger partial charge is 0.228 e. The van der Waals surface area contributed by atoms with Gasteiger partial charge in [0.05, 0.1) is 12.1 Å². The van der Waals surface area contributed by atoms with E-state index in [0.717, 1.165) is 49.7 Å². The molecule has 8 heteroatoms. The van der Waals surface area contributed by atoms with Crippen molar-refractivity contribution in [1.29, 1.82) is 0 Å². The van der Waals surface area contributed by atoms with Gasteiger partial charge in [-0.2, -0.15) is 0 Å². The van der Waals surface area contributed by atoms with Gasteiger partial charge in [-0.1, -0.05) is 24.3 Å². The van der Waals surface area contributed by atoms with Crippen molar-refractivity contribution < 1.29 is 4.79 Å². The topological polar surface area (TPSA) is 79.2 Å². The minimum absolute atomic E-state index is 0.0306. The molecule has 1 N–H and O–H groups in total. The maximum Gasteiger partial charge on any atom is 0.228 e. The first-order chi connectivity index (χ1) is 14.2. The van der Waals surface area contributed by atoms with Gasteiger partial charge in [0.2, 0.25) is 5.91 Å². The second kappa shape index (κ2) is 8.93. The van der Waals surface area contributed by atoms with Crippen LogP contribution in [0.2, 0.25) is 0 Å². The van der Waals surface area contributed by atoms with Gasteiger partial charge in [0.1, 0.15) is 6.33 Å². The average molecular weight is 391 g/mol. The fourth-order valence-electron chi connectivity index (χ4n) is 3.45. The Morgan fingerprint density at radius 2 is 1.83 bits per heavy atom. The highest BCUT2D eigenvalue weighted by atomic mass is 16.1. The zero-order chi connectivity index (χ0) is 20.1. The summed E-state index contributed by atoms with van der Waals surface area (Å²) in [5.41, 5.74) is 3.86. The van der Waals surface area contributed by atoms with E-state index < -0.39 is 0 Å². The Kier molecular flexibility index (Phi) is 5.92. The molecule has 1 aliphatic heterocycles. The molecule has 2 aromatic carbocycles. The SMILES string of the molecule is CN1CCN(Cc2cccc(NC(=O)Cc3ccc(-n4cnnn4)cc3)c2)CC1. The number of carbonyl (C=O) groups excluding carboxylic acids is 1. The molecule has 0 aliphatic carbocycles. The Hall–Kier alpha value is -3.10. The summed E-state index contributed by atoms with van der Waals surface area (Å²) >= 11 is 0. The van der Waals surface area contributed by atoms with Gasteiger partial charge in [-0.25, -0.2) is 4.68 Å². The number of hydrogen-bond donors (Lipinski definition) is 1. The van der Waals surface area contributed by atoms with Crippen molar-refractivity contribution in [2.75, 3.05) is 38.5 Å². The third kappa shape index (κ3) is 5.24. The second-order valence-corrected chi connectivity index (χ2v) is 7.43. The van der Waals surface area contributed by atoms with Crippen LogP contribution in [0.25, 0.3) is 5.69 Å². The maximum absolute atomic E-state index is 12.5. The number of nitrogens with zero attached hydrogens (tertiary/aromatic N) is 6. The van der Waals surface area contributed by atoms with Gasteiger partial charge in [0.15, 0.2) is 0 Å². The molecule has 0 atom stereocenters. The van der Waals surface area contributed by atoms with Crippen molar-refractivity contribution in [3.8, 4) is 5.69 Å². The summed E-state index contributed by atoms with van der Waals surface area (Å²) in [5.74, 6) is -0.0306. The van der Waals surface area contributed by atoms with Crippen molar-refractivity contribution in [1.82, 2.24) is 30.0 Å². The molecule has 150 valence electrons. The maximum atomic E-state index is 12.5. The number of anilines is 1. The fourth-order valence-corrected chi connectivity index (χ4v) is 3.45. The number of amides is 1. The number of benzene rings is 2. The van der Waals surface area contributed by atoms with Crippen molar-refractivity contribution >= 4 is 11.6 Å². The van der Waals surface area contributed by atoms with Gasteiger partial charge in [-0.15, -0.1) is 5.10 Å². The first-order valence-corrected chi connectivity index (χ1v) is 9.78. The van der Waals surface area contributed by atoms with Crippen LogP contribution in [0.1, 0.15) is 11.1 Å². The molecule has 1 aromatic heterocycles. The number of rotatable bonds is 6. The van der Waals surface area contributed by atoms with Crippen LogP contribution < -0.4 is 5.32 Å². The molecular weight excluding hydrogens is 366 g/mol. The molecule has 8 nitrogen and oxygen atoms in total. The van der Waals surface area contributed by atoms with Crippen LogP contribution in [0.5, 0.6) is 0 Å². The van der Waals surface area contributed by atoms with Crippen LogP contribution in [0.15, 0.2) is 54.9 Å². The number of nitrogens with one attached hydrogen (secondary N) is 1. The van der Waals surface area contributed by atoms with Crippen LogP contribution in [-0.2, 0) is 17.8 Å². The van der Waals surface area contributed by atoms with E-state index >= 15 is 0 Å². The predicted octanol–water partition coefficient (Wildman–Crippen LogP) is 1.59. The molecule has 0 bridgehead atoms. The lowest BCUT2D eigenvalue weighted by Gasteiger charge is -2.32. The normalized spacial score (nSPS) is 15.3. The Morgan fingerprint density at radius 1 is 1.03 bits per heavy atom. The van der Waals surface area contributed by atoms with Crippen molar-refractivity contribution in [2.24, 2.45) is 0 Å². The molecule has 29 heavy (non-hydrogen) atoms. The van der Waals surface area contributed by atoms with Gasteiger partial charge in [0, 0.05) is 38.4 Å². The van der Waals surface area contributed by atoms with Crippen molar-refractivity contribution in [3.05, 3.63) is 66.0 Å². The molecule has 0 spiro atoms. The molecule has 0 radical (unpaired) electrons. The molecule has 0 saturated carbocycles. The number of hydrogen-bond acceptors (Lipinski definition) is 6. The Balaban J connectivity index is 1.32. The molecule has 4 rings (SSSR count). The van der Waals surface area contributed by atoms with E-state index in [1.165, 1.54) is 11.9 Å². The molecule has 1 fully saturated rings. The first-order valence-electron chi connectivity index (χ1n) is 9.78. The third-order valence-electron chi connectivity index (χ3n) is 5.13. The largest absolute Gasteiger partial charge is 0.326 e. The van der Waals surface area contributed by atoms with Gasteiger partial charge < -0.3 is 10.2 Å². The summed E-state index contributed by atoms with van der Waals surface area (Å²) in [6, 6.07) is 15.8. The summed E-state index contributed by atoms with van der Waals surface area (Å²) in [4.78, 5) is 17.3. The Bertz CT molecular complexity index is 932. The summed E-state index contributed by atoms with van der Waals surface area (Å²) in [6.45, 7) is 5.27. The molecule has 3 aromatic rings. The summed E-state index contributed by atoms with van der Waals surface area (Å²) in [5, 5.41) is 14.1. The van der Waals surface area contributed by atoms with E-state index in [-0.39, 0.29) is 5.91 Å². The fraction of sp³-hybridized carbons (Fsp3) is 0.333. The lowest BCUT2D eigenvalue weighted by atomic mass is 10.1. The lowest BCUT2D eigenvalue weighted by molar-refractivity contribution is -0.115. The van der Waals surface area contributed by atoms with Crippen LogP contribution in [-0.4, -0.2) is 69.1 Å². The first kappa shape index (κ1) is 19.2. The highest BCUT2D eigenvalue weighted by Gasteiger charge is 2.14. The van der Waals surface area contributed by atoms with Gasteiger partial charge in [-0.05, 0) is 52.9 Å². The van der Waals surface area contributed by atoms with E-state index in [4.69, 9.17) is 0 Å². The number of aromatic nitrogens is 4. The van der Waals surface area contributed by atoms with Gasteiger partial charge in [0.25, 0.3) is 0 Å². The Morgan fingerprint density at radius 3 is 2.55 bits per heavy atom. The van der Waals surface area contributed by atoms with Gasteiger partial charge in [-0.3, -0.25) is 9.69 Å². The average Bonchev–Trinajstić information content (AvgIpc) is 3.25. The van der Waals surface area contributed by atoms with Crippen LogP contribution in [0.4, 0.5) is 5.69 Å². The standard InChI is InChI=1S/C21H25N7O/c1-26-9-11-27(12-10-26)15-18-3-2-4-19(13-18)23-21(29)14-17-5-7-20(8-6-17)28-16-22-24-25-28/h2-8,13,16H,9-12,14-15H2,1H3,(H,23,29). The van der Waals surface area contributed by atoms with Crippen LogP contribution in [0.3, 0.4) is 0 Å². The molecule has 1 amide bonds. The Labute approximate surface area is 170 Å². The van der Waals surface area contributed by atoms with E-state index in [1.807, 2.05) is 36.4 Å². The number of piperazine rings is 1. The predicted molar refractivity (Wildman–Crippen MR) is 111 cm³/mol. The van der Waals surface area contributed by atoms with Crippen molar-refractivity contribution in [3.63, 3.8) is 0 Å². The highest BCUT2D eigenvalue weighted by molar-refractivity contribution is 5.92. The molecular formula is C21H25N7O. The summed E-state index contributed by atoms with van der Waals surface area (Å²) in [7, 11) is 2.16. The van der Waals surface area contributed by atoms with Gasteiger partial charge >= 0.3 is 0 Å². The minimum Gasteiger partial charge on any atom is -0.326 e. The van der Waals surface area contributed by atoms with E-state index in [1.54, 1.807) is 4.68 Å². The van der Waals surface area contributed by atoms with Crippen LogP contribution in [0, 0.1) is 0 Å². The van der Waals surface area contributed by atoms with E-state index in [2.05, 4.69) is 49.8 Å². The quantitative estimate of drug-likeness (QED) is 0.688. The third-order valence-corrected chi connectivity index (χ3v) is 5.13. The van der Waals surface area contributed by atoms with Crippen LogP contribution >= 0.6 is 0 Å². The summed E-state index contributed by atoms with van der Waals surface area (Å²) in [6.07, 6.45) is 1.86. The monoisotopic (exact) mass is 391 g/mol. The molecule has 1 aliphatic rings. The zero-order valence-corrected chi connectivity index (χ0v) is 16.5. The number of tetrazole rings is 1.